The van der Waals surface area contributed by atoms with Gasteiger partial charge in [0.1, 0.15) is 5.76 Å². The van der Waals surface area contributed by atoms with Gasteiger partial charge in [0.05, 0.1) is 5.69 Å². The summed E-state index contributed by atoms with van der Waals surface area (Å²) >= 11 is 0. The maximum atomic E-state index is 6.69. The first-order chi connectivity index (χ1) is 25.7. The van der Waals surface area contributed by atoms with Crippen molar-refractivity contribution in [2.75, 3.05) is 4.90 Å². The Hall–Kier alpha value is -5.54. The van der Waals surface area contributed by atoms with Gasteiger partial charge in [0.25, 0.3) is 0 Å². The smallest absolute Gasteiger partial charge is 0.155 e. The SMILES string of the molecule is CCc1c2c(n(-c3ccc(-c4ccc(N(C5=CC=CCC5)c5ccc(C6=CCCC=C6)cc5)cc4)cc3)c1-c1oc3c(c1C)CCC=C3)C=CCC2. The third-order valence-corrected chi connectivity index (χ3v) is 11.3. The Bertz CT molecular complexity index is 2310. The number of hydrogen-bond donors (Lipinski definition) is 0. The monoisotopic (exact) mass is 678 g/mol. The number of rotatable bonds is 8. The largest absolute Gasteiger partial charge is 0.455 e. The van der Waals surface area contributed by atoms with E-state index in [-0.39, 0.29) is 0 Å². The lowest BCUT2D eigenvalue weighted by Gasteiger charge is -2.29. The van der Waals surface area contributed by atoms with Crippen LogP contribution in [0.4, 0.5) is 11.4 Å². The predicted octanol–water partition coefficient (Wildman–Crippen LogP) is 13.3. The molecule has 0 saturated carbocycles. The van der Waals surface area contributed by atoms with Gasteiger partial charge in [-0.25, -0.2) is 0 Å². The molecule has 0 aliphatic heterocycles. The van der Waals surface area contributed by atoms with Crippen LogP contribution in [0, 0.1) is 6.92 Å². The van der Waals surface area contributed by atoms with Crippen molar-refractivity contribution in [3.63, 3.8) is 0 Å². The van der Waals surface area contributed by atoms with E-state index in [1.54, 1.807) is 0 Å². The van der Waals surface area contributed by atoms with E-state index in [1.807, 2.05) is 0 Å². The van der Waals surface area contributed by atoms with Crippen LogP contribution in [-0.2, 0) is 19.3 Å². The molecule has 9 rings (SSSR count). The van der Waals surface area contributed by atoms with Crippen molar-refractivity contribution in [2.24, 2.45) is 0 Å². The van der Waals surface area contributed by atoms with Crippen LogP contribution >= 0.6 is 0 Å². The summed E-state index contributed by atoms with van der Waals surface area (Å²) in [5.74, 6) is 2.06. The van der Waals surface area contributed by atoms with E-state index in [0.29, 0.717) is 0 Å². The molecule has 0 fully saturated rings. The fourth-order valence-electron chi connectivity index (χ4n) is 8.60. The summed E-state index contributed by atoms with van der Waals surface area (Å²) in [5, 5.41) is 0. The average Bonchev–Trinajstić information content (AvgIpc) is 3.73. The highest BCUT2D eigenvalue weighted by Gasteiger charge is 2.29. The van der Waals surface area contributed by atoms with Crippen molar-refractivity contribution < 1.29 is 4.42 Å². The Kier molecular flexibility index (Phi) is 8.64. The molecule has 0 spiro atoms. The molecular weight excluding hydrogens is 633 g/mol. The maximum Gasteiger partial charge on any atom is 0.155 e. The second-order valence-electron chi connectivity index (χ2n) is 14.4. The van der Waals surface area contributed by atoms with Gasteiger partial charge in [-0.1, -0.05) is 85.9 Å². The molecule has 5 aromatic rings. The number of hydrogen-bond acceptors (Lipinski definition) is 2. The van der Waals surface area contributed by atoms with E-state index < -0.39 is 0 Å². The Morgan fingerprint density at radius 3 is 1.96 bits per heavy atom. The third kappa shape index (κ3) is 5.79. The zero-order valence-electron chi connectivity index (χ0n) is 30.4. The summed E-state index contributed by atoms with van der Waals surface area (Å²) in [7, 11) is 0. The van der Waals surface area contributed by atoms with Gasteiger partial charge in [-0.3, -0.25) is 0 Å². The summed E-state index contributed by atoms with van der Waals surface area (Å²) in [6.07, 6.45) is 32.2. The highest BCUT2D eigenvalue weighted by molar-refractivity contribution is 5.80. The third-order valence-electron chi connectivity index (χ3n) is 11.3. The fourth-order valence-corrected chi connectivity index (χ4v) is 8.60. The maximum absolute atomic E-state index is 6.69. The molecule has 4 aliphatic rings. The molecule has 2 aromatic heterocycles. The first-order valence-corrected chi connectivity index (χ1v) is 19.2. The van der Waals surface area contributed by atoms with Gasteiger partial charge >= 0.3 is 0 Å². The van der Waals surface area contributed by atoms with Crippen molar-refractivity contribution in [1.29, 1.82) is 0 Å². The molecule has 4 aliphatic carbocycles. The second kappa shape index (κ2) is 13.9. The standard InChI is InChI=1S/C49H46N2O/c1-3-43-45-19-10-12-20-46(45)51(48(43)49-34(2)44-18-11-13-21-47(44)52-49)42-32-26-38(27-33-42)37-24-30-41(31-25-37)50(39-16-8-5-9-17-39)40-28-22-36(23-29-40)35-14-6-4-7-15-35/h5-6,8,12-16,20-33H,3-4,7,9-11,17-19H2,1-2H3. The zero-order chi connectivity index (χ0) is 35.0. The highest BCUT2D eigenvalue weighted by atomic mass is 16.3. The first-order valence-electron chi connectivity index (χ1n) is 19.2. The Balaban J connectivity index is 1.05. The minimum absolute atomic E-state index is 0.980. The summed E-state index contributed by atoms with van der Waals surface area (Å²) < 4.78 is 9.16. The molecule has 0 bridgehead atoms. The van der Waals surface area contributed by atoms with Gasteiger partial charge in [-0.05, 0) is 153 Å². The minimum Gasteiger partial charge on any atom is -0.455 e. The number of benzene rings is 3. The molecule has 0 atom stereocenters. The number of fused-ring (bicyclic) bond motifs is 2. The number of furan rings is 1. The molecular formula is C49H46N2O. The van der Waals surface area contributed by atoms with Crippen molar-refractivity contribution in [3.05, 3.63) is 166 Å². The topological polar surface area (TPSA) is 21.3 Å². The molecule has 52 heavy (non-hydrogen) atoms. The molecule has 2 heterocycles. The van der Waals surface area contributed by atoms with Crippen molar-refractivity contribution in [3.8, 4) is 28.3 Å². The number of aromatic nitrogens is 1. The molecule has 3 heteroatoms. The molecule has 0 radical (unpaired) electrons. The molecule has 3 aromatic carbocycles. The van der Waals surface area contributed by atoms with Crippen LogP contribution in [0.3, 0.4) is 0 Å². The molecule has 0 amide bonds. The van der Waals surface area contributed by atoms with E-state index in [0.717, 1.165) is 69.3 Å². The van der Waals surface area contributed by atoms with Crippen LogP contribution in [0.15, 0.2) is 132 Å². The Morgan fingerprint density at radius 2 is 1.31 bits per heavy atom. The minimum atomic E-state index is 0.980. The van der Waals surface area contributed by atoms with Crippen molar-refractivity contribution >= 4 is 29.1 Å². The van der Waals surface area contributed by atoms with Gasteiger partial charge in [0.15, 0.2) is 5.76 Å². The molecule has 0 unspecified atom stereocenters. The van der Waals surface area contributed by atoms with Gasteiger partial charge < -0.3 is 13.9 Å². The normalized spacial score (nSPS) is 16.0. The summed E-state index contributed by atoms with van der Waals surface area (Å²) in [4.78, 5) is 2.42. The number of allylic oxidation sites excluding steroid dienone is 10. The molecule has 3 nitrogen and oxygen atoms in total. The van der Waals surface area contributed by atoms with Gasteiger partial charge in [0, 0.05) is 39.6 Å². The first kappa shape index (κ1) is 32.4. The average molecular weight is 679 g/mol. The van der Waals surface area contributed by atoms with E-state index in [1.165, 1.54) is 78.7 Å². The molecule has 0 saturated heterocycles. The van der Waals surface area contributed by atoms with E-state index in [2.05, 4.69) is 157 Å². The lowest BCUT2D eigenvalue weighted by atomic mass is 9.95. The number of anilines is 2. The quantitative estimate of drug-likeness (QED) is 0.163. The van der Waals surface area contributed by atoms with Crippen LogP contribution in [0.5, 0.6) is 0 Å². The number of nitrogens with zero attached hydrogens (tertiary/aromatic N) is 2. The summed E-state index contributed by atoms with van der Waals surface area (Å²) in [6.45, 7) is 4.54. The zero-order valence-corrected chi connectivity index (χ0v) is 30.4. The van der Waals surface area contributed by atoms with Gasteiger partial charge in [-0.15, -0.1) is 0 Å². The summed E-state index contributed by atoms with van der Waals surface area (Å²) in [6, 6.07) is 27.3. The van der Waals surface area contributed by atoms with E-state index >= 15 is 0 Å². The lowest BCUT2D eigenvalue weighted by Crippen LogP contribution is -2.17. The second-order valence-corrected chi connectivity index (χ2v) is 14.4. The summed E-state index contributed by atoms with van der Waals surface area (Å²) in [5.41, 5.74) is 17.9. The Labute approximate surface area is 308 Å². The van der Waals surface area contributed by atoms with Crippen LogP contribution in [0.25, 0.3) is 46.0 Å². The van der Waals surface area contributed by atoms with Gasteiger partial charge in [-0.2, -0.15) is 0 Å². The van der Waals surface area contributed by atoms with Crippen LogP contribution < -0.4 is 4.90 Å². The van der Waals surface area contributed by atoms with Crippen molar-refractivity contribution in [1.82, 2.24) is 4.57 Å². The van der Waals surface area contributed by atoms with Crippen LogP contribution in [0.2, 0.25) is 0 Å². The highest BCUT2D eigenvalue weighted by Crippen LogP contribution is 2.43. The molecule has 258 valence electrons. The van der Waals surface area contributed by atoms with E-state index in [4.69, 9.17) is 4.42 Å². The van der Waals surface area contributed by atoms with Crippen molar-refractivity contribution in [2.45, 2.75) is 71.6 Å². The predicted molar refractivity (Wildman–Crippen MR) is 219 cm³/mol. The fraction of sp³-hybridized carbons (Fsp3) is 0.224. The lowest BCUT2D eigenvalue weighted by molar-refractivity contribution is 0.560. The van der Waals surface area contributed by atoms with Crippen LogP contribution in [-0.4, -0.2) is 4.57 Å². The van der Waals surface area contributed by atoms with Crippen LogP contribution in [0.1, 0.15) is 84.7 Å². The van der Waals surface area contributed by atoms with E-state index in [9.17, 15) is 0 Å². The Morgan fingerprint density at radius 1 is 0.654 bits per heavy atom. The molecule has 0 N–H and O–H groups in total. The van der Waals surface area contributed by atoms with Gasteiger partial charge in [0.2, 0.25) is 0 Å².